The van der Waals surface area contributed by atoms with Gasteiger partial charge in [-0.2, -0.15) is 13.2 Å². The molecule has 2 nitrogen and oxygen atoms in total. The zero-order valence-corrected chi connectivity index (χ0v) is 7.06. The summed E-state index contributed by atoms with van der Waals surface area (Å²) in [7, 11) is 0. The van der Waals surface area contributed by atoms with Crippen molar-refractivity contribution in [2.24, 2.45) is 5.73 Å². The van der Waals surface area contributed by atoms with Crippen molar-refractivity contribution in [2.75, 3.05) is 6.54 Å². The molecule has 0 fully saturated rings. The Kier molecular flexibility index (Phi) is 2.66. The van der Waals surface area contributed by atoms with E-state index in [0.29, 0.717) is 0 Å². The van der Waals surface area contributed by atoms with Gasteiger partial charge in [-0.15, -0.1) is 0 Å². The van der Waals surface area contributed by atoms with Crippen LogP contribution >= 0.6 is 0 Å². The van der Waals surface area contributed by atoms with Crippen molar-refractivity contribution in [3.8, 4) is 0 Å². The fourth-order valence-electron chi connectivity index (χ4n) is 1.19. The summed E-state index contributed by atoms with van der Waals surface area (Å²) in [5.74, 6) is -1.35. The van der Waals surface area contributed by atoms with E-state index >= 15 is 0 Å². The molecular formula is C8H10F3NO. The largest absolute Gasteiger partial charge is 0.469 e. The van der Waals surface area contributed by atoms with Gasteiger partial charge in [0.05, 0.1) is 12.2 Å². The van der Waals surface area contributed by atoms with Crippen molar-refractivity contribution in [3.63, 3.8) is 0 Å². The molecule has 0 amide bonds. The predicted molar refractivity (Wildman–Crippen MR) is 41.3 cm³/mol. The van der Waals surface area contributed by atoms with Crippen molar-refractivity contribution in [2.45, 2.75) is 19.0 Å². The average molecular weight is 193 g/mol. The maximum absolute atomic E-state index is 12.3. The maximum atomic E-state index is 12.3. The Bertz CT molecular complexity index is 279. The number of rotatable bonds is 2. The molecule has 1 aromatic heterocycles. The van der Waals surface area contributed by atoms with Crippen LogP contribution in [0.5, 0.6) is 0 Å². The number of furan rings is 1. The summed E-state index contributed by atoms with van der Waals surface area (Å²) in [5, 5.41) is 0. The third-order valence-electron chi connectivity index (χ3n) is 1.91. The minimum absolute atomic E-state index is 0.120. The van der Waals surface area contributed by atoms with Crippen LogP contribution < -0.4 is 5.73 Å². The lowest BCUT2D eigenvalue weighted by molar-refractivity contribution is -0.148. The van der Waals surface area contributed by atoms with Crippen molar-refractivity contribution < 1.29 is 17.6 Å². The third-order valence-corrected chi connectivity index (χ3v) is 1.91. The van der Waals surface area contributed by atoms with E-state index in [0.717, 1.165) is 0 Å². The molecule has 0 saturated heterocycles. The van der Waals surface area contributed by atoms with Crippen LogP contribution in [0.25, 0.3) is 0 Å². The van der Waals surface area contributed by atoms with Crippen LogP contribution in [0.2, 0.25) is 0 Å². The first-order valence-electron chi connectivity index (χ1n) is 3.77. The molecule has 0 aromatic carbocycles. The Morgan fingerprint density at radius 1 is 1.54 bits per heavy atom. The zero-order valence-electron chi connectivity index (χ0n) is 7.06. The second kappa shape index (κ2) is 3.41. The molecule has 1 rings (SSSR count). The number of hydrogen-bond donors (Lipinski definition) is 1. The third kappa shape index (κ3) is 2.03. The lowest BCUT2D eigenvalue weighted by Crippen LogP contribution is -2.28. The minimum Gasteiger partial charge on any atom is -0.469 e. The fourth-order valence-corrected chi connectivity index (χ4v) is 1.19. The highest BCUT2D eigenvalue weighted by atomic mass is 19.4. The van der Waals surface area contributed by atoms with E-state index in [1.54, 1.807) is 0 Å². The highest BCUT2D eigenvalue weighted by molar-refractivity contribution is 5.22. The van der Waals surface area contributed by atoms with E-state index in [1.807, 2.05) is 0 Å². The number of aryl methyl sites for hydroxylation is 1. The molecule has 0 aliphatic heterocycles. The van der Waals surface area contributed by atoms with Crippen molar-refractivity contribution >= 4 is 0 Å². The Balaban J connectivity index is 2.98. The molecule has 0 spiro atoms. The molecule has 0 saturated carbocycles. The van der Waals surface area contributed by atoms with Gasteiger partial charge in [0.15, 0.2) is 0 Å². The highest BCUT2D eigenvalue weighted by Crippen LogP contribution is 2.35. The first-order valence-corrected chi connectivity index (χ1v) is 3.77. The molecule has 74 valence electrons. The second-order valence-electron chi connectivity index (χ2n) is 2.76. The van der Waals surface area contributed by atoms with Crippen LogP contribution in [0.3, 0.4) is 0 Å². The van der Waals surface area contributed by atoms with Gasteiger partial charge >= 0.3 is 6.18 Å². The quantitative estimate of drug-likeness (QED) is 0.781. The lowest BCUT2D eigenvalue weighted by Gasteiger charge is -2.17. The molecule has 0 radical (unpaired) electrons. The molecule has 0 aliphatic rings. The summed E-state index contributed by atoms with van der Waals surface area (Å²) < 4.78 is 41.8. The first-order chi connectivity index (χ1) is 5.96. The number of halogens is 3. The molecule has 1 unspecified atom stereocenters. The summed E-state index contributed by atoms with van der Waals surface area (Å²) in [4.78, 5) is 0. The van der Waals surface area contributed by atoms with E-state index in [-0.39, 0.29) is 11.3 Å². The van der Waals surface area contributed by atoms with Gasteiger partial charge in [-0.1, -0.05) is 0 Å². The zero-order chi connectivity index (χ0) is 10.1. The lowest BCUT2D eigenvalue weighted by atomic mass is 10.00. The Labute approximate surface area is 73.5 Å². The van der Waals surface area contributed by atoms with Crippen LogP contribution in [0.1, 0.15) is 17.2 Å². The SMILES string of the molecule is Cc1occc1C(CN)C(F)(F)F. The van der Waals surface area contributed by atoms with Gasteiger partial charge in [0.2, 0.25) is 0 Å². The monoisotopic (exact) mass is 193 g/mol. The topological polar surface area (TPSA) is 39.2 Å². The van der Waals surface area contributed by atoms with Gasteiger partial charge < -0.3 is 10.2 Å². The summed E-state index contributed by atoms with van der Waals surface area (Å²) in [5.41, 5.74) is 5.18. The minimum atomic E-state index is -4.30. The Morgan fingerprint density at radius 2 is 2.15 bits per heavy atom. The maximum Gasteiger partial charge on any atom is 0.397 e. The average Bonchev–Trinajstić information content (AvgIpc) is 2.35. The molecule has 2 N–H and O–H groups in total. The number of hydrogen-bond acceptors (Lipinski definition) is 2. The Morgan fingerprint density at radius 3 is 2.46 bits per heavy atom. The molecule has 1 aromatic rings. The molecule has 0 aliphatic carbocycles. The smallest absolute Gasteiger partial charge is 0.397 e. The fraction of sp³-hybridized carbons (Fsp3) is 0.500. The summed E-state index contributed by atoms with van der Waals surface area (Å²) in [6.45, 7) is 1.04. The highest BCUT2D eigenvalue weighted by Gasteiger charge is 2.41. The normalized spacial score (nSPS) is 14.5. The van der Waals surface area contributed by atoms with Crippen molar-refractivity contribution in [1.29, 1.82) is 0 Å². The standard InChI is InChI=1S/C8H10F3NO/c1-5-6(2-3-13-5)7(4-12)8(9,10)11/h2-3,7H,4,12H2,1H3. The van der Waals surface area contributed by atoms with Crippen LogP contribution in [0.4, 0.5) is 13.2 Å². The molecular weight excluding hydrogens is 183 g/mol. The van der Waals surface area contributed by atoms with E-state index in [1.165, 1.54) is 19.3 Å². The van der Waals surface area contributed by atoms with Crippen molar-refractivity contribution in [1.82, 2.24) is 0 Å². The van der Waals surface area contributed by atoms with Gasteiger partial charge in [0, 0.05) is 12.1 Å². The predicted octanol–water partition coefficient (Wildman–Crippen LogP) is 2.19. The van der Waals surface area contributed by atoms with Gasteiger partial charge in [0.25, 0.3) is 0 Å². The van der Waals surface area contributed by atoms with E-state index in [9.17, 15) is 13.2 Å². The van der Waals surface area contributed by atoms with Crippen molar-refractivity contribution in [3.05, 3.63) is 23.7 Å². The number of nitrogens with two attached hydrogens (primary N) is 1. The van der Waals surface area contributed by atoms with E-state index in [4.69, 9.17) is 10.2 Å². The van der Waals surface area contributed by atoms with E-state index in [2.05, 4.69) is 0 Å². The molecule has 1 heterocycles. The van der Waals surface area contributed by atoms with Crippen LogP contribution in [0, 0.1) is 6.92 Å². The van der Waals surface area contributed by atoms with Gasteiger partial charge in [-0.05, 0) is 13.0 Å². The summed E-state index contributed by atoms with van der Waals surface area (Å²) >= 11 is 0. The van der Waals surface area contributed by atoms with Gasteiger partial charge in [-0.3, -0.25) is 0 Å². The molecule has 13 heavy (non-hydrogen) atoms. The summed E-state index contributed by atoms with van der Waals surface area (Å²) in [6, 6.07) is 1.31. The van der Waals surface area contributed by atoms with Crippen LogP contribution in [-0.2, 0) is 0 Å². The Hall–Kier alpha value is -0.970. The molecule has 5 heteroatoms. The number of alkyl halides is 3. The summed E-state index contributed by atoms with van der Waals surface area (Å²) in [6.07, 6.45) is -3.07. The molecule has 1 atom stereocenters. The van der Waals surface area contributed by atoms with Crippen LogP contribution in [0.15, 0.2) is 16.7 Å². The second-order valence-corrected chi connectivity index (χ2v) is 2.76. The van der Waals surface area contributed by atoms with E-state index < -0.39 is 18.6 Å². The molecule has 0 bridgehead atoms. The van der Waals surface area contributed by atoms with Gasteiger partial charge in [-0.25, -0.2) is 0 Å². The van der Waals surface area contributed by atoms with Crippen LogP contribution in [-0.4, -0.2) is 12.7 Å². The first kappa shape index (κ1) is 10.1. The van der Waals surface area contributed by atoms with Gasteiger partial charge in [0.1, 0.15) is 5.76 Å².